The van der Waals surface area contributed by atoms with Crippen LogP contribution < -0.4 is 0 Å². The molecule has 0 amide bonds. The molecule has 0 atom stereocenters. The topological polar surface area (TPSA) is 4.93 Å². The Bertz CT molecular complexity index is 973. The number of aryl methyl sites for hydroxylation is 3. The summed E-state index contributed by atoms with van der Waals surface area (Å²) < 4.78 is 2.32. The van der Waals surface area contributed by atoms with Gasteiger partial charge in [-0.25, -0.2) is 0 Å². The van der Waals surface area contributed by atoms with E-state index in [2.05, 4.69) is 74.0 Å². The van der Waals surface area contributed by atoms with Crippen molar-refractivity contribution in [2.75, 3.05) is 0 Å². The van der Waals surface area contributed by atoms with Gasteiger partial charge >= 0.3 is 0 Å². The first kappa shape index (κ1) is 11.5. The summed E-state index contributed by atoms with van der Waals surface area (Å²) in [5.74, 6) is 0. The predicted octanol–water partition coefficient (Wildman–Crippen LogP) is 5.10. The molecule has 98 valence electrons. The van der Waals surface area contributed by atoms with Crippen LogP contribution in [0.15, 0.2) is 48.5 Å². The van der Waals surface area contributed by atoms with Gasteiger partial charge < -0.3 is 4.57 Å². The Hall–Kier alpha value is -2.28. The Kier molecular flexibility index (Phi) is 2.23. The first-order valence-corrected chi connectivity index (χ1v) is 7.04. The van der Waals surface area contributed by atoms with E-state index in [1.165, 1.54) is 43.7 Å². The summed E-state index contributed by atoms with van der Waals surface area (Å²) in [6.45, 7) is 4.37. The largest absolute Gasteiger partial charge is 0.343 e. The minimum atomic E-state index is 1.30. The molecule has 4 rings (SSSR count). The molecule has 0 radical (unpaired) electrons. The van der Waals surface area contributed by atoms with Gasteiger partial charge in [0.2, 0.25) is 0 Å². The van der Waals surface area contributed by atoms with Crippen LogP contribution in [0.4, 0.5) is 0 Å². The number of fused-ring (bicyclic) bond motifs is 5. The van der Waals surface area contributed by atoms with Crippen molar-refractivity contribution in [3.63, 3.8) is 0 Å². The van der Waals surface area contributed by atoms with Gasteiger partial charge in [-0.1, -0.05) is 42.0 Å². The van der Waals surface area contributed by atoms with Gasteiger partial charge in [-0.15, -0.1) is 0 Å². The third kappa shape index (κ3) is 1.38. The van der Waals surface area contributed by atoms with E-state index in [0.29, 0.717) is 0 Å². The Labute approximate surface area is 118 Å². The maximum absolute atomic E-state index is 2.32. The van der Waals surface area contributed by atoms with E-state index < -0.39 is 0 Å². The molecule has 3 aromatic carbocycles. The fraction of sp³-hybridized carbons (Fsp3) is 0.158. The highest BCUT2D eigenvalue weighted by molar-refractivity contribution is 6.21. The van der Waals surface area contributed by atoms with E-state index >= 15 is 0 Å². The van der Waals surface area contributed by atoms with Crippen LogP contribution in [0.2, 0.25) is 0 Å². The van der Waals surface area contributed by atoms with E-state index in [9.17, 15) is 0 Å². The molecule has 0 aliphatic rings. The number of rotatable bonds is 0. The summed E-state index contributed by atoms with van der Waals surface area (Å²) >= 11 is 0. The molecule has 0 aliphatic carbocycles. The molecule has 1 heteroatoms. The van der Waals surface area contributed by atoms with Gasteiger partial charge in [0.05, 0.1) is 5.52 Å². The minimum absolute atomic E-state index is 1.30. The number of hydrogen-bond donors (Lipinski definition) is 0. The molecule has 1 nitrogen and oxygen atoms in total. The number of para-hydroxylation sites is 1. The van der Waals surface area contributed by atoms with E-state index in [-0.39, 0.29) is 0 Å². The lowest BCUT2D eigenvalue weighted by Crippen LogP contribution is -1.89. The zero-order valence-corrected chi connectivity index (χ0v) is 12.1. The SMILES string of the molecule is Cc1ccc2c(c1)cc(C)c1c2c2ccccc2n1C. The van der Waals surface area contributed by atoms with Gasteiger partial charge in [0, 0.05) is 23.3 Å². The lowest BCUT2D eigenvalue weighted by atomic mass is 9.99. The highest BCUT2D eigenvalue weighted by Crippen LogP contribution is 2.36. The molecule has 1 aromatic heterocycles. The molecule has 0 saturated heterocycles. The lowest BCUT2D eigenvalue weighted by Gasteiger charge is -2.07. The van der Waals surface area contributed by atoms with Crippen molar-refractivity contribution >= 4 is 32.6 Å². The van der Waals surface area contributed by atoms with Crippen LogP contribution in [0.5, 0.6) is 0 Å². The maximum Gasteiger partial charge on any atom is 0.0524 e. The van der Waals surface area contributed by atoms with Crippen molar-refractivity contribution in [1.82, 2.24) is 4.57 Å². The van der Waals surface area contributed by atoms with Gasteiger partial charge in [-0.2, -0.15) is 0 Å². The second-order valence-corrected chi connectivity index (χ2v) is 5.72. The Morgan fingerprint density at radius 3 is 2.50 bits per heavy atom. The van der Waals surface area contributed by atoms with E-state index in [4.69, 9.17) is 0 Å². The molecule has 0 N–H and O–H groups in total. The summed E-state index contributed by atoms with van der Waals surface area (Å²) in [4.78, 5) is 0. The van der Waals surface area contributed by atoms with Gasteiger partial charge in [0.1, 0.15) is 0 Å². The molecular weight excluding hydrogens is 242 g/mol. The molecule has 0 aliphatic heterocycles. The van der Waals surface area contributed by atoms with Gasteiger partial charge in [-0.3, -0.25) is 0 Å². The van der Waals surface area contributed by atoms with Crippen molar-refractivity contribution in [3.8, 4) is 0 Å². The standard InChI is InChI=1S/C19H17N/c1-12-8-9-15-14(10-12)11-13(2)19-18(15)16-6-4-5-7-17(16)20(19)3/h4-11H,1-3H3. The molecule has 0 unspecified atom stereocenters. The summed E-state index contributed by atoms with van der Waals surface area (Å²) in [7, 11) is 2.16. The van der Waals surface area contributed by atoms with Gasteiger partial charge in [0.15, 0.2) is 0 Å². The first-order valence-electron chi connectivity index (χ1n) is 7.04. The fourth-order valence-corrected chi connectivity index (χ4v) is 3.46. The normalized spacial score (nSPS) is 11.8. The molecule has 0 bridgehead atoms. The number of aromatic nitrogens is 1. The molecule has 20 heavy (non-hydrogen) atoms. The average molecular weight is 259 g/mol. The van der Waals surface area contributed by atoms with Crippen molar-refractivity contribution in [2.24, 2.45) is 7.05 Å². The zero-order valence-electron chi connectivity index (χ0n) is 12.1. The highest BCUT2D eigenvalue weighted by atomic mass is 14.9. The molecule has 0 spiro atoms. The quantitative estimate of drug-likeness (QED) is 0.414. The van der Waals surface area contributed by atoms with E-state index in [1.54, 1.807) is 0 Å². The van der Waals surface area contributed by atoms with Crippen LogP contribution in [0.25, 0.3) is 32.6 Å². The minimum Gasteiger partial charge on any atom is -0.343 e. The van der Waals surface area contributed by atoms with E-state index in [0.717, 1.165) is 0 Å². The number of nitrogens with zero attached hydrogens (tertiary/aromatic N) is 1. The molecule has 0 fully saturated rings. The average Bonchev–Trinajstić information content (AvgIpc) is 2.74. The second-order valence-electron chi connectivity index (χ2n) is 5.72. The Morgan fingerprint density at radius 1 is 0.850 bits per heavy atom. The lowest BCUT2D eigenvalue weighted by molar-refractivity contribution is 1.01. The van der Waals surface area contributed by atoms with Crippen LogP contribution in [0.1, 0.15) is 11.1 Å². The van der Waals surface area contributed by atoms with Crippen LogP contribution in [0.3, 0.4) is 0 Å². The van der Waals surface area contributed by atoms with Crippen molar-refractivity contribution in [1.29, 1.82) is 0 Å². The number of benzene rings is 3. The van der Waals surface area contributed by atoms with Crippen LogP contribution in [-0.4, -0.2) is 4.57 Å². The van der Waals surface area contributed by atoms with Gasteiger partial charge in [0.25, 0.3) is 0 Å². The molecule has 0 saturated carbocycles. The second kappa shape index (κ2) is 3.86. The smallest absolute Gasteiger partial charge is 0.0524 e. The molecule has 4 aromatic rings. The zero-order chi connectivity index (χ0) is 13.9. The van der Waals surface area contributed by atoms with Crippen LogP contribution in [-0.2, 0) is 7.05 Å². The third-order valence-corrected chi connectivity index (χ3v) is 4.33. The van der Waals surface area contributed by atoms with Crippen molar-refractivity contribution < 1.29 is 0 Å². The van der Waals surface area contributed by atoms with Crippen LogP contribution in [0, 0.1) is 13.8 Å². The van der Waals surface area contributed by atoms with Crippen molar-refractivity contribution in [3.05, 3.63) is 59.7 Å². The van der Waals surface area contributed by atoms with E-state index in [1.807, 2.05) is 0 Å². The van der Waals surface area contributed by atoms with Crippen LogP contribution >= 0.6 is 0 Å². The third-order valence-electron chi connectivity index (χ3n) is 4.33. The van der Waals surface area contributed by atoms with Gasteiger partial charge in [-0.05, 0) is 42.3 Å². The predicted molar refractivity (Wildman–Crippen MR) is 87.4 cm³/mol. The highest BCUT2D eigenvalue weighted by Gasteiger charge is 2.13. The summed E-state index contributed by atoms with van der Waals surface area (Å²) in [5, 5.41) is 5.43. The fourth-order valence-electron chi connectivity index (χ4n) is 3.46. The summed E-state index contributed by atoms with van der Waals surface area (Å²) in [5.41, 5.74) is 5.31. The monoisotopic (exact) mass is 259 g/mol. The summed E-state index contributed by atoms with van der Waals surface area (Å²) in [6, 6.07) is 17.7. The Balaban J connectivity index is 2.40. The summed E-state index contributed by atoms with van der Waals surface area (Å²) in [6.07, 6.45) is 0. The first-order chi connectivity index (χ1) is 9.66. The van der Waals surface area contributed by atoms with Crippen molar-refractivity contribution in [2.45, 2.75) is 13.8 Å². The Morgan fingerprint density at radius 2 is 1.65 bits per heavy atom. The maximum atomic E-state index is 2.32. The molecule has 1 heterocycles. The molecular formula is C19H17N. The number of hydrogen-bond acceptors (Lipinski definition) is 0.